The lowest BCUT2D eigenvalue weighted by atomic mass is 9.92. The van der Waals surface area contributed by atoms with E-state index in [2.05, 4.69) is 9.72 Å². The Hall–Kier alpha value is -1.56. The van der Waals surface area contributed by atoms with E-state index in [1.807, 2.05) is 11.5 Å². The fourth-order valence-electron chi connectivity index (χ4n) is 2.75. The molecule has 0 aromatic carbocycles. The molecule has 0 bridgehead atoms. The molecule has 1 saturated carbocycles. The standard InChI is InChI=1S/C13H21N3O3/c1-3-10-15-11(13(18)19-2)12(14)16(10)8-6-4-5-7-9(8)17/h8-9,17H,3-7,14H2,1-2H3. The fourth-order valence-corrected chi connectivity index (χ4v) is 2.75. The molecular weight excluding hydrogens is 246 g/mol. The average Bonchev–Trinajstić information content (AvgIpc) is 2.75. The Morgan fingerprint density at radius 3 is 2.79 bits per heavy atom. The zero-order valence-corrected chi connectivity index (χ0v) is 11.4. The van der Waals surface area contributed by atoms with Gasteiger partial charge in [0.25, 0.3) is 0 Å². The second kappa shape index (κ2) is 5.61. The van der Waals surface area contributed by atoms with Gasteiger partial charge in [0.15, 0.2) is 5.69 Å². The molecule has 0 spiro atoms. The third-order valence-electron chi connectivity index (χ3n) is 3.74. The van der Waals surface area contributed by atoms with Crippen LogP contribution in [0.3, 0.4) is 0 Å². The molecule has 1 aromatic rings. The number of hydrogen-bond donors (Lipinski definition) is 2. The molecule has 0 amide bonds. The van der Waals surface area contributed by atoms with Gasteiger partial charge < -0.3 is 20.1 Å². The molecular formula is C13H21N3O3. The van der Waals surface area contributed by atoms with Crippen molar-refractivity contribution in [3.05, 3.63) is 11.5 Å². The number of rotatable bonds is 3. The Morgan fingerprint density at radius 1 is 1.53 bits per heavy atom. The number of aliphatic hydroxyl groups is 1. The maximum absolute atomic E-state index is 11.6. The van der Waals surface area contributed by atoms with E-state index in [9.17, 15) is 9.90 Å². The molecule has 3 N–H and O–H groups in total. The smallest absolute Gasteiger partial charge is 0.360 e. The number of nitrogens with two attached hydrogens (primary N) is 1. The van der Waals surface area contributed by atoms with Crippen LogP contribution in [0, 0.1) is 0 Å². The van der Waals surface area contributed by atoms with Gasteiger partial charge in [0.05, 0.1) is 19.3 Å². The number of ether oxygens (including phenoxy) is 1. The van der Waals surface area contributed by atoms with Gasteiger partial charge in [-0.3, -0.25) is 0 Å². The highest BCUT2D eigenvalue weighted by Gasteiger charge is 2.30. The number of imidazole rings is 1. The highest BCUT2D eigenvalue weighted by molar-refractivity contribution is 5.92. The third-order valence-corrected chi connectivity index (χ3v) is 3.74. The summed E-state index contributed by atoms with van der Waals surface area (Å²) in [5.74, 6) is 0.495. The van der Waals surface area contributed by atoms with Crippen LogP contribution in [0.25, 0.3) is 0 Å². The molecule has 1 heterocycles. The molecule has 1 aromatic heterocycles. The van der Waals surface area contributed by atoms with Crippen molar-refractivity contribution in [2.24, 2.45) is 0 Å². The van der Waals surface area contributed by atoms with E-state index < -0.39 is 12.1 Å². The number of methoxy groups -OCH3 is 1. The molecule has 2 atom stereocenters. The van der Waals surface area contributed by atoms with E-state index in [-0.39, 0.29) is 11.7 Å². The number of anilines is 1. The van der Waals surface area contributed by atoms with Crippen LogP contribution in [0.15, 0.2) is 0 Å². The van der Waals surface area contributed by atoms with Crippen molar-refractivity contribution in [1.29, 1.82) is 0 Å². The normalized spacial score (nSPS) is 23.3. The van der Waals surface area contributed by atoms with Crippen molar-refractivity contribution >= 4 is 11.8 Å². The zero-order chi connectivity index (χ0) is 14.0. The van der Waals surface area contributed by atoms with E-state index in [0.717, 1.165) is 31.5 Å². The first-order chi connectivity index (χ1) is 9.10. The number of aromatic nitrogens is 2. The summed E-state index contributed by atoms with van der Waals surface area (Å²) >= 11 is 0. The first-order valence-corrected chi connectivity index (χ1v) is 6.73. The lowest BCUT2D eigenvalue weighted by molar-refractivity contribution is 0.0594. The van der Waals surface area contributed by atoms with Crippen molar-refractivity contribution in [3.63, 3.8) is 0 Å². The van der Waals surface area contributed by atoms with E-state index in [1.165, 1.54) is 7.11 Å². The quantitative estimate of drug-likeness (QED) is 0.805. The van der Waals surface area contributed by atoms with Gasteiger partial charge in [-0.2, -0.15) is 0 Å². The lowest BCUT2D eigenvalue weighted by Gasteiger charge is -2.30. The number of hydrogen-bond acceptors (Lipinski definition) is 5. The lowest BCUT2D eigenvalue weighted by Crippen LogP contribution is -2.29. The Labute approximate surface area is 112 Å². The van der Waals surface area contributed by atoms with Crippen molar-refractivity contribution < 1.29 is 14.6 Å². The summed E-state index contributed by atoms with van der Waals surface area (Å²) in [6.45, 7) is 1.95. The van der Waals surface area contributed by atoms with Gasteiger partial charge >= 0.3 is 5.97 Å². The highest BCUT2D eigenvalue weighted by Crippen LogP contribution is 2.33. The minimum atomic E-state index is -0.531. The monoisotopic (exact) mass is 267 g/mol. The molecule has 6 nitrogen and oxygen atoms in total. The topological polar surface area (TPSA) is 90.4 Å². The molecule has 6 heteroatoms. The van der Waals surface area contributed by atoms with Crippen LogP contribution in [0.1, 0.15) is 55.0 Å². The van der Waals surface area contributed by atoms with Crippen molar-refractivity contribution in [2.45, 2.75) is 51.2 Å². The van der Waals surface area contributed by atoms with Gasteiger partial charge in [-0.15, -0.1) is 0 Å². The maximum Gasteiger partial charge on any atom is 0.360 e. The van der Waals surface area contributed by atoms with Crippen LogP contribution in [0.4, 0.5) is 5.82 Å². The van der Waals surface area contributed by atoms with Crippen LogP contribution in [0.2, 0.25) is 0 Å². The SMILES string of the molecule is CCc1nc(C(=O)OC)c(N)n1C1CCCCC1O. The second-order valence-corrected chi connectivity index (χ2v) is 4.90. The summed E-state index contributed by atoms with van der Waals surface area (Å²) in [5.41, 5.74) is 6.19. The van der Waals surface area contributed by atoms with E-state index in [0.29, 0.717) is 12.2 Å². The molecule has 0 aliphatic heterocycles. The first-order valence-electron chi connectivity index (χ1n) is 6.73. The minimum absolute atomic E-state index is 0.0883. The van der Waals surface area contributed by atoms with E-state index >= 15 is 0 Å². The van der Waals surface area contributed by atoms with Crippen molar-refractivity contribution in [3.8, 4) is 0 Å². The van der Waals surface area contributed by atoms with Gasteiger partial charge in [-0.25, -0.2) is 9.78 Å². The summed E-state index contributed by atoms with van der Waals surface area (Å²) in [4.78, 5) is 15.9. The van der Waals surface area contributed by atoms with Gasteiger partial charge in [0, 0.05) is 6.42 Å². The van der Waals surface area contributed by atoms with Crippen molar-refractivity contribution in [2.75, 3.05) is 12.8 Å². The fraction of sp³-hybridized carbons (Fsp3) is 0.692. The van der Waals surface area contributed by atoms with Gasteiger partial charge in [0.1, 0.15) is 11.6 Å². The second-order valence-electron chi connectivity index (χ2n) is 4.90. The van der Waals surface area contributed by atoms with Crippen molar-refractivity contribution in [1.82, 2.24) is 9.55 Å². The Balaban J connectivity index is 2.43. The predicted octanol–water partition coefficient (Wildman–Crippen LogP) is 1.29. The Bertz CT molecular complexity index is 470. The number of carbonyl (C=O) groups is 1. The van der Waals surface area contributed by atoms with E-state index in [1.54, 1.807) is 0 Å². The number of nitrogen functional groups attached to an aromatic ring is 1. The molecule has 1 fully saturated rings. The molecule has 106 valence electrons. The predicted molar refractivity (Wildman–Crippen MR) is 70.9 cm³/mol. The number of esters is 1. The number of aliphatic hydroxyl groups excluding tert-OH is 1. The summed E-state index contributed by atoms with van der Waals surface area (Å²) in [6.07, 6.45) is 3.92. The molecule has 19 heavy (non-hydrogen) atoms. The van der Waals surface area contributed by atoms with Crippen LogP contribution < -0.4 is 5.73 Å². The van der Waals surface area contributed by atoms with Crippen LogP contribution in [0.5, 0.6) is 0 Å². The Morgan fingerprint density at radius 2 is 2.21 bits per heavy atom. The minimum Gasteiger partial charge on any atom is -0.464 e. The zero-order valence-electron chi connectivity index (χ0n) is 11.4. The summed E-state index contributed by atoms with van der Waals surface area (Å²) in [6, 6.07) is -0.0883. The number of nitrogens with zero attached hydrogens (tertiary/aromatic N) is 2. The average molecular weight is 267 g/mol. The van der Waals surface area contributed by atoms with Crippen LogP contribution in [-0.2, 0) is 11.2 Å². The summed E-state index contributed by atoms with van der Waals surface area (Å²) in [5, 5.41) is 10.2. The number of carbonyl (C=O) groups excluding carboxylic acids is 1. The highest BCUT2D eigenvalue weighted by atomic mass is 16.5. The molecule has 1 aliphatic carbocycles. The summed E-state index contributed by atoms with van der Waals surface area (Å²) < 4.78 is 6.50. The summed E-state index contributed by atoms with van der Waals surface area (Å²) in [7, 11) is 1.31. The Kier molecular flexibility index (Phi) is 4.09. The van der Waals surface area contributed by atoms with Gasteiger partial charge in [-0.05, 0) is 12.8 Å². The third kappa shape index (κ3) is 2.45. The van der Waals surface area contributed by atoms with Gasteiger partial charge in [0.2, 0.25) is 0 Å². The molecule has 2 unspecified atom stereocenters. The van der Waals surface area contributed by atoms with Gasteiger partial charge in [-0.1, -0.05) is 19.8 Å². The first kappa shape index (κ1) is 13.9. The largest absolute Gasteiger partial charge is 0.464 e. The molecule has 1 aliphatic rings. The van der Waals surface area contributed by atoms with Crippen LogP contribution in [-0.4, -0.2) is 33.8 Å². The molecule has 0 radical (unpaired) electrons. The molecule has 2 rings (SSSR count). The maximum atomic E-state index is 11.6. The molecule has 0 saturated heterocycles. The van der Waals surface area contributed by atoms with E-state index in [4.69, 9.17) is 5.73 Å². The van der Waals surface area contributed by atoms with Crippen LogP contribution >= 0.6 is 0 Å². The number of aryl methyl sites for hydroxylation is 1.